The number of aryl methyl sites for hydroxylation is 1. The van der Waals surface area contributed by atoms with Crippen LogP contribution in [-0.2, 0) is 6.42 Å². The Hall–Kier alpha value is -2.17. The summed E-state index contributed by atoms with van der Waals surface area (Å²) in [5.74, 6) is 2.14. The Labute approximate surface area is 111 Å². The van der Waals surface area contributed by atoms with Crippen LogP contribution in [0.2, 0.25) is 0 Å². The first-order valence-corrected chi connectivity index (χ1v) is 6.26. The van der Waals surface area contributed by atoms with Gasteiger partial charge in [-0.25, -0.2) is 9.37 Å². The third-order valence-corrected chi connectivity index (χ3v) is 2.46. The van der Waals surface area contributed by atoms with E-state index >= 15 is 0 Å². The quantitative estimate of drug-likeness (QED) is 0.896. The average molecular weight is 261 g/mol. The van der Waals surface area contributed by atoms with Gasteiger partial charge in [0.2, 0.25) is 5.88 Å². The lowest BCUT2D eigenvalue weighted by Crippen LogP contribution is -2.04. The largest absolute Gasteiger partial charge is 0.439 e. The minimum absolute atomic E-state index is 0.294. The summed E-state index contributed by atoms with van der Waals surface area (Å²) in [6, 6.07) is 7.56. The Balaban J connectivity index is 2.23. The van der Waals surface area contributed by atoms with Crippen LogP contribution in [0, 0.1) is 5.82 Å². The maximum Gasteiger partial charge on any atom is 0.224 e. The number of benzene rings is 1. The maximum absolute atomic E-state index is 12.8. The number of nitrogens with zero attached hydrogens (tertiary/aromatic N) is 2. The molecular formula is C14H16FN3O. The zero-order valence-electron chi connectivity index (χ0n) is 11.0. The molecule has 0 aliphatic rings. The van der Waals surface area contributed by atoms with E-state index in [4.69, 9.17) is 4.74 Å². The minimum atomic E-state index is -0.294. The Kier molecular flexibility index (Phi) is 4.28. The van der Waals surface area contributed by atoms with Crippen molar-refractivity contribution in [1.82, 2.24) is 9.97 Å². The fraction of sp³-hybridized carbons (Fsp3) is 0.286. The molecule has 0 atom stereocenters. The Bertz CT molecular complexity index is 543. The van der Waals surface area contributed by atoms with Crippen molar-refractivity contribution in [3.8, 4) is 11.6 Å². The van der Waals surface area contributed by atoms with Gasteiger partial charge in [-0.3, -0.25) is 0 Å². The van der Waals surface area contributed by atoms with Gasteiger partial charge in [-0.05, 0) is 31.2 Å². The molecule has 0 saturated heterocycles. The van der Waals surface area contributed by atoms with Crippen LogP contribution in [0.15, 0.2) is 30.3 Å². The molecule has 1 aromatic carbocycles. The molecule has 0 radical (unpaired) electrons. The predicted octanol–water partition coefficient (Wildman–Crippen LogP) is 3.40. The van der Waals surface area contributed by atoms with E-state index in [-0.39, 0.29) is 5.82 Å². The first-order chi connectivity index (χ1) is 9.21. The molecule has 0 aliphatic carbocycles. The Morgan fingerprint density at radius 2 is 1.89 bits per heavy atom. The summed E-state index contributed by atoms with van der Waals surface area (Å²) >= 11 is 0. The molecule has 0 aliphatic heterocycles. The molecule has 2 rings (SSSR count). The third-order valence-electron chi connectivity index (χ3n) is 2.46. The van der Waals surface area contributed by atoms with Crippen LogP contribution in [0.4, 0.5) is 10.2 Å². The van der Waals surface area contributed by atoms with Crippen molar-refractivity contribution in [3.63, 3.8) is 0 Å². The second-order valence-electron chi connectivity index (χ2n) is 3.95. The summed E-state index contributed by atoms with van der Waals surface area (Å²) in [6.07, 6.45) is 0.721. The number of halogens is 1. The van der Waals surface area contributed by atoms with Crippen LogP contribution in [0.1, 0.15) is 19.7 Å². The van der Waals surface area contributed by atoms with E-state index in [1.54, 1.807) is 18.2 Å². The summed E-state index contributed by atoms with van der Waals surface area (Å²) in [4.78, 5) is 8.62. The molecule has 0 unspecified atom stereocenters. The molecule has 0 bridgehead atoms. The summed E-state index contributed by atoms with van der Waals surface area (Å²) in [6.45, 7) is 4.75. The number of rotatable bonds is 5. The van der Waals surface area contributed by atoms with Crippen molar-refractivity contribution in [2.24, 2.45) is 0 Å². The molecular weight excluding hydrogens is 245 g/mol. The number of nitrogens with one attached hydrogen (secondary N) is 1. The van der Waals surface area contributed by atoms with E-state index in [2.05, 4.69) is 15.3 Å². The molecule has 1 heterocycles. The van der Waals surface area contributed by atoms with E-state index in [1.165, 1.54) is 12.1 Å². The molecule has 0 saturated carbocycles. The van der Waals surface area contributed by atoms with Gasteiger partial charge >= 0.3 is 0 Å². The van der Waals surface area contributed by atoms with Crippen LogP contribution in [0.3, 0.4) is 0 Å². The van der Waals surface area contributed by atoms with Crippen LogP contribution in [0.5, 0.6) is 11.6 Å². The van der Waals surface area contributed by atoms with Crippen molar-refractivity contribution >= 4 is 5.82 Å². The van der Waals surface area contributed by atoms with Gasteiger partial charge in [-0.2, -0.15) is 4.98 Å². The standard InChI is InChI=1S/C14H16FN3O/c1-3-12-17-13(16-4-2)9-14(18-12)19-11-7-5-10(15)6-8-11/h5-9H,3-4H2,1-2H3,(H,16,17,18). The lowest BCUT2D eigenvalue weighted by atomic mass is 10.3. The predicted molar refractivity (Wildman–Crippen MR) is 72.0 cm³/mol. The van der Waals surface area contributed by atoms with Crippen molar-refractivity contribution < 1.29 is 9.13 Å². The van der Waals surface area contributed by atoms with Gasteiger partial charge in [0, 0.05) is 19.0 Å². The molecule has 100 valence electrons. The Morgan fingerprint density at radius 1 is 1.16 bits per heavy atom. The highest BCUT2D eigenvalue weighted by atomic mass is 19.1. The summed E-state index contributed by atoms with van der Waals surface area (Å²) in [7, 11) is 0. The molecule has 4 nitrogen and oxygen atoms in total. The molecule has 0 fully saturated rings. The molecule has 2 aromatic rings. The fourth-order valence-electron chi connectivity index (χ4n) is 1.58. The first kappa shape index (κ1) is 13.3. The smallest absolute Gasteiger partial charge is 0.224 e. The lowest BCUT2D eigenvalue weighted by molar-refractivity contribution is 0.457. The number of aromatic nitrogens is 2. The molecule has 0 amide bonds. The summed E-state index contributed by atoms with van der Waals surface area (Å²) in [5.41, 5.74) is 0. The van der Waals surface area contributed by atoms with Gasteiger partial charge in [0.25, 0.3) is 0 Å². The Morgan fingerprint density at radius 3 is 2.53 bits per heavy atom. The van der Waals surface area contributed by atoms with Gasteiger partial charge in [0.15, 0.2) is 0 Å². The molecule has 1 aromatic heterocycles. The monoisotopic (exact) mass is 261 g/mol. The van der Waals surface area contributed by atoms with Crippen LogP contribution in [0.25, 0.3) is 0 Å². The zero-order valence-corrected chi connectivity index (χ0v) is 11.0. The van der Waals surface area contributed by atoms with Crippen molar-refractivity contribution in [1.29, 1.82) is 0 Å². The second-order valence-corrected chi connectivity index (χ2v) is 3.95. The zero-order chi connectivity index (χ0) is 13.7. The van der Waals surface area contributed by atoms with E-state index in [0.717, 1.165) is 18.8 Å². The number of hydrogen-bond acceptors (Lipinski definition) is 4. The van der Waals surface area contributed by atoms with Crippen molar-refractivity contribution in [2.75, 3.05) is 11.9 Å². The van der Waals surface area contributed by atoms with Crippen molar-refractivity contribution in [3.05, 3.63) is 42.0 Å². The van der Waals surface area contributed by atoms with E-state index in [9.17, 15) is 4.39 Å². The highest BCUT2D eigenvalue weighted by Gasteiger charge is 2.05. The molecule has 1 N–H and O–H groups in total. The lowest BCUT2D eigenvalue weighted by Gasteiger charge is -2.09. The number of anilines is 1. The SMILES string of the molecule is CCNc1cc(Oc2ccc(F)cc2)nc(CC)n1. The normalized spacial score (nSPS) is 10.3. The van der Waals surface area contributed by atoms with Gasteiger partial charge < -0.3 is 10.1 Å². The van der Waals surface area contributed by atoms with Gasteiger partial charge in [-0.15, -0.1) is 0 Å². The third kappa shape index (κ3) is 3.64. The van der Waals surface area contributed by atoms with E-state index < -0.39 is 0 Å². The van der Waals surface area contributed by atoms with Gasteiger partial charge in [0.1, 0.15) is 23.2 Å². The van der Waals surface area contributed by atoms with E-state index in [1.807, 2.05) is 13.8 Å². The summed E-state index contributed by atoms with van der Waals surface area (Å²) < 4.78 is 18.4. The molecule has 5 heteroatoms. The fourth-order valence-corrected chi connectivity index (χ4v) is 1.58. The van der Waals surface area contributed by atoms with Crippen LogP contribution >= 0.6 is 0 Å². The van der Waals surface area contributed by atoms with Gasteiger partial charge in [0.05, 0.1) is 0 Å². The minimum Gasteiger partial charge on any atom is -0.439 e. The summed E-state index contributed by atoms with van der Waals surface area (Å²) in [5, 5.41) is 3.13. The molecule has 19 heavy (non-hydrogen) atoms. The maximum atomic E-state index is 12.8. The number of ether oxygens (including phenoxy) is 1. The first-order valence-electron chi connectivity index (χ1n) is 6.26. The highest BCUT2D eigenvalue weighted by Crippen LogP contribution is 2.22. The topological polar surface area (TPSA) is 47.0 Å². The van der Waals surface area contributed by atoms with Crippen LogP contribution in [-0.4, -0.2) is 16.5 Å². The average Bonchev–Trinajstić information content (AvgIpc) is 2.41. The molecule has 0 spiro atoms. The number of hydrogen-bond donors (Lipinski definition) is 1. The second kappa shape index (κ2) is 6.13. The van der Waals surface area contributed by atoms with Gasteiger partial charge in [-0.1, -0.05) is 6.92 Å². The van der Waals surface area contributed by atoms with E-state index in [0.29, 0.717) is 17.5 Å². The highest BCUT2D eigenvalue weighted by molar-refractivity contribution is 5.40. The van der Waals surface area contributed by atoms with Crippen LogP contribution < -0.4 is 10.1 Å². The van der Waals surface area contributed by atoms with Crippen molar-refractivity contribution in [2.45, 2.75) is 20.3 Å².